The van der Waals surface area contributed by atoms with Gasteiger partial charge in [-0.05, 0) is 97.3 Å². The number of nitrogens with one attached hydrogen (secondary N) is 2. The second-order valence-electron chi connectivity index (χ2n) is 12.7. The number of aromatic nitrogens is 1. The molecule has 250 valence electrons. The van der Waals surface area contributed by atoms with Gasteiger partial charge in [0.25, 0.3) is 5.91 Å². The van der Waals surface area contributed by atoms with Gasteiger partial charge in [-0.25, -0.2) is 4.79 Å². The number of carbonyl (C=O) groups excluding carboxylic acids is 4. The average Bonchev–Trinajstić information content (AvgIpc) is 3.84. The Kier molecular flexibility index (Phi) is 8.12. The number of fused-ring (bicyclic) bond motifs is 9. The molecule has 4 unspecified atom stereocenters. The zero-order valence-electron chi connectivity index (χ0n) is 26.1. The Hall–Kier alpha value is -4.39. The number of hydrogen-bond donors (Lipinski definition) is 2. The van der Waals surface area contributed by atoms with E-state index < -0.39 is 17.8 Å². The second-order valence-corrected chi connectivity index (χ2v) is 15.3. The van der Waals surface area contributed by atoms with Crippen LogP contribution in [0.3, 0.4) is 0 Å². The first-order chi connectivity index (χ1) is 23.7. The molecule has 3 fully saturated rings. The molecule has 3 aromatic carbocycles. The van der Waals surface area contributed by atoms with E-state index in [0.29, 0.717) is 27.7 Å². The van der Waals surface area contributed by atoms with Gasteiger partial charge >= 0.3 is 10.8 Å². The van der Waals surface area contributed by atoms with Crippen LogP contribution in [0.2, 0.25) is 5.02 Å². The van der Waals surface area contributed by atoms with Crippen LogP contribution in [0.4, 0.5) is 11.4 Å². The fourth-order valence-corrected chi connectivity index (χ4v) is 11.3. The van der Waals surface area contributed by atoms with Crippen LogP contribution in [-0.4, -0.2) is 47.1 Å². The van der Waals surface area contributed by atoms with Gasteiger partial charge in [-0.3, -0.25) is 24.1 Å². The van der Waals surface area contributed by atoms with E-state index in [2.05, 4.69) is 10.3 Å². The van der Waals surface area contributed by atoms with Crippen LogP contribution < -0.4 is 19.8 Å². The van der Waals surface area contributed by atoms with E-state index in [9.17, 15) is 24.0 Å². The summed E-state index contributed by atoms with van der Waals surface area (Å²) in [6.45, 7) is 1.77. The largest absolute Gasteiger partial charge is 0.484 e. The van der Waals surface area contributed by atoms with Crippen LogP contribution in [-0.2, 0) is 19.1 Å². The summed E-state index contributed by atoms with van der Waals surface area (Å²) in [6, 6.07) is 20.8. The van der Waals surface area contributed by atoms with Gasteiger partial charge in [0, 0.05) is 26.8 Å². The molecule has 4 aromatic rings. The quantitative estimate of drug-likeness (QED) is 0.169. The highest BCUT2D eigenvalue weighted by atomic mass is 35.5. The third-order valence-electron chi connectivity index (χ3n) is 10.1. The molecule has 13 heteroatoms. The van der Waals surface area contributed by atoms with Gasteiger partial charge in [0.15, 0.2) is 6.61 Å². The number of halogens is 1. The molecule has 7 atom stereocenters. The summed E-state index contributed by atoms with van der Waals surface area (Å²) in [7, 11) is 0. The highest BCUT2D eigenvalue weighted by Crippen LogP contribution is 2.68. The lowest BCUT2D eigenvalue weighted by atomic mass is 9.68. The van der Waals surface area contributed by atoms with Gasteiger partial charge in [-0.2, -0.15) is 0 Å². The minimum atomic E-state index is -0.472. The zero-order valence-corrected chi connectivity index (χ0v) is 28.5. The van der Waals surface area contributed by atoms with Gasteiger partial charge in [0.1, 0.15) is 5.75 Å². The molecule has 0 spiro atoms. The van der Waals surface area contributed by atoms with Crippen LogP contribution in [0, 0.1) is 29.6 Å². The van der Waals surface area contributed by atoms with Gasteiger partial charge in [0.05, 0.1) is 34.7 Å². The monoisotopic (exact) mass is 715 g/mol. The van der Waals surface area contributed by atoms with E-state index in [1.165, 1.54) is 16.2 Å². The Bertz CT molecular complexity index is 2050. The van der Waals surface area contributed by atoms with Crippen molar-refractivity contribution < 1.29 is 28.7 Å². The molecule has 10 nitrogen and oxygen atoms in total. The molecule has 4 aliphatic rings. The first-order valence-corrected chi connectivity index (χ1v) is 18.1. The third-order valence-corrected chi connectivity index (χ3v) is 12.9. The maximum absolute atomic E-state index is 14.1. The molecular weight excluding hydrogens is 686 g/mol. The van der Waals surface area contributed by atoms with Gasteiger partial charge < -0.3 is 19.8 Å². The number of nitrogens with zero attached hydrogens (tertiary/aromatic N) is 1. The smallest absolute Gasteiger partial charge is 0.338 e. The lowest BCUT2D eigenvalue weighted by Gasteiger charge is -2.43. The van der Waals surface area contributed by atoms with Crippen LogP contribution in [0.25, 0.3) is 0 Å². The zero-order chi connectivity index (χ0) is 34.0. The van der Waals surface area contributed by atoms with E-state index in [1.807, 2.05) is 18.2 Å². The van der Waals surface area contributed by atoms with Crippen molar-refractivity contribution in [1.29, 1.82) is 0 Å². The normalized spacial score (nSPS) is 26.2. The van der Waals surface area contributed by atoms with Crippen molar-refractivity contribution in [3.05, 3.63) is 103 Å². The third kappa shape index (κ3) is 5.46. The molecule has 2 aliphatic heterocycles. The number of H-pyrrole nitrogens is 1. The molecule has 3 heterocycles. The Balaban J connectivity index is 1.06. The van der Waals surface area contributed by atoms with Crippen LogP contribution in [0.1, 0.15) is 40.1 Å². The number of thiazole rings is 1. The summed E-state index contributed by atoms with van der Waals surface area (Å²) < 4.78 is 11.0. The number of imide groups is 1. The number of esters is 1. The number of amides is 3. The Morgan fingerprint density at radius 3 is 2.45 bits per heavy atom. The van der Waals surface area contributed by atoms with Gasteiger partial charge in [-0.15, -0.1) is 11.8 Å². The molecule has 3 amide bonds. The van der Waals surface area contributed by atoms with E-state index in [4.69, 9.17) is 21.1 Å². The molecule has 0 radical (unpaired) electrons. The number of anilines is 2. The number of benzene rings is 3. The Labute approximate surface area is 294 Å². The number of thioether (sulfide) groups is 1. The van der Waals surface area contributed by atoms with Crippen molar-refractivity contribution in [3.8, 4) is 5.75 Å². The molecule has 1 aromatic heterocycles. The minimum absolute atomic E-state index is 0.00143. The number of rotatable bonds is 8. The second kappa shape index (κ2) is 12.5. The molecule has 2 N–H and O–H groups in total. The van der Waals surface area contributed by atoms with Crippen molar-refractivity contribution in [3.63, 3.8) is 0 Å². The first kappa shape index (κ1) is 31.9. The summed E-state index contributed by atoms with van der Waals surface area (Å²) >= 11 is 8.74. The predicted molar refractivity (Wildman–Crippen MR) is 185 cm³/mol. The van der Waals surface area contributed by atoms with Crippen molar-refractivity contribution in [2.24, 2.45) is 29.6 Å². The summed E-state index contributed by atoms with van der Waals surface area (Å²) in [5.74, 6) is -1.93. The molecular formula is C36H30ClN3O7S2. The van der Waals surface area contributed by atoms with E-state index in [-0.39, 0.29) is 64.7 Å². The summed E-state index contributed by atoms with van der Waals surface area (Å²) in [6.07, 6.45) is 0.752. The Morgan fingerprint density at radius 2 is 1.71 bits per heavy atom. The average molecular weight is 716 g/mol. The fraction of sp³-hybridized carbons (Fsp3) is 0.306. The van der Waals surface area contributed by atoms with Gasteiger partial charge in [0.2, 0.25) is 11.8 Å². The molecule has 49 heavy (non-hydrogen) atoms. The summed E-state index contributed by atoms with van der Waals surface area (Å²) in [4.78, 5) is 70.7. The van der Waals surface area contributed by atoms with Crippen LogP contribution >= 0.6 is 34.7 Å². The van der Waals surface area contributed by atoms with Crippen molar-refractivity contribution >= 4 is 69.8 Å². The van der Waals surface area contributed by atoms with Crippen LogP contribution in [0.15, 0.2) is 82.6 Å². The lowest BCUT2D eigenvalue weighted by Crippen LogP contribution is -2.42. The lowest BCUT2D eigenvalue weighted by molar-refractivity contribution is -0.123. The molecule has 1 saturated heterocycles. The molecule has 2 saturated carbocycles. The highest BCUT2D eigenvalue weighted by molar-refractivity contribution is 8.00. The van der Waals surface area contributed by atoms with Crippen LogP contribution in [0.5, 0.6) is 5.75 Å². The number of carbonyl (C=O) groups is 4. The van der Waals surface area contributed by atoms with E-state index in [1.54, 1.807) is 73.3 Å². The highest BCUT2D eigenvalue weighted by Gasteiger charge is 2.69. The molecule has 2 aliphatic carbocycles. The Morgan fingerprint density at radius 1 is 0.980 bits per heavy atom. The summed E-state index contributed by atoms with van der Waals surface area (Å²) in [5.41, 5.74) is 2.32. The fourth-order valence-electron chi connectivity index (χ4n) is 8.28. The minimum Gasteiger partial charge on any atom is -0.484 e. The first-order valence-electron chi connectivity index (χ1n) is 16.0. The van der Waals surface area contributed by atoms with Crippen molar-refractivity contribution in [2.75, 3.05) is 23.4 Å². The maximum Gasteiger partial charge on any atom is 0.338 e. The molecule has 8 rings (SSSR count). The van der Waals surface area contributed by atoms with Gasteiger partial charge in [-0.1, -0.05) is 35.1 Å². The SMILES string of the molecule is CCOC(=O)c1ccc(N2C(=O)C3C(C2=O)[C@@H]2C[C@H]3C3Sc4[nH]c(=O)sc4[C@H](c4cccc(OCC(=O)Nc5ccc(Cl)cc5)c4)C32)cc1. The van der Waals surface area contributed by atoms with E-state index >= 15 is 0 Å². The maximum atomic E-state index is 14.1. The van der Waals surface area contributed by atoms with E-state index in [0.717, 1.165) is 21.9 Å². The predicted octanol–water partition coefficient (Wildman–Crippen LogP) is 5.96. The topological polar surface area (TPSA) is 135 Å². The summed E-state index contributed by atoms with van der Waals surface area (Å²) in [5, 5.41) is 4.19. The molecule has 2 bridgehead atoms. The standard InChI is InChI=1S/C36H30ClN3O7S2/c1-2-46-35(44)17-6-12-21(13-7-17)40-33(42)28-23-15-24(29(28)34(40)43)30-27(23)26(31-32(48-30)39-36(45)49-31)18-4-3-5-22(14-18)47-16-25(41)38-20-10-8-19(37)9-11-20/h3-14,23-24,26-30H,2,15-16H2,1H3,(H,38,41)(H,39,45)/t23-,24-,26-,27?,28?,29?,30?/m1/s1. The van der Waals surface area contributed by atoms with Crippen molar-refractivity contribution in [2.45, 2.75) is 29.5 Å². The number of hydrogen-bond acceptors (Lipinski definition) is 9. The number of aromatic amines is 1. The van der Waals surface area contributed by atoms with Crippen molar-refractivity contribution in [1.82, 2.24) is 4.98 Å². The number of ether oxygens (including phenoxy) is 2.